The van der Waals surface area contributed by atoms with E-state index in [1.165, 1.54) is 11.3 Å². The molecule has 210 valence electrons. The van der Waals surface area contributed by atoms with Gasteiger partial charge < -0.3 is 9.52 Å². The van der Waals surface area contributed by atoms with Gasteiger partial charge in [0.15, 0.2) is 5.13 Å². The van der Waals surface area contributed by atoms with Crippen LogP contribution in [0.4, 0.5) is 10.9 Å². The highest BCUT2D eigenvalue weighted by Gasteiger charge is 2.39. The molecule has 1 aromatic carbocycles. The van der Waals surface area contributed by atoms with Crippen LogP contribution in [-0.2, 0) is 20.8 Å². The first kappa shape index (κ1) is 26.9. The maximum atomic E-state index is 13.8. The van der Waals surface area contributed by atoms with Crippen molar-refractivity contribution in [3.63, 3.8) is 0 Å². The Bertz CT molecular complexity index is 1580. The Morgan fingerprint density at radius 2 is 2.00 bits per heavy atom. The highest BCUT2D eigenvalue weighted by atomic mass is 32.1. The summed E-state index contributed by atoms with van der Waals surface area (Å²) < 4.78 is 6.07. The third-order valence-corrected chi connectivity index (χ3v) is 8.27. The Morgan fingerprint density at radius 3 is 2.66 bits per heavy atom. The number of thiazole rings is 1. The number of aliphatic carboxylic acids is 1. The van der Waals surface area contributed by atoms with Crippen LogP contribution < -0.4 is 9.80 Å². The second-order valence-electron chi connectivity index (χ2n) is 10.6. The van der Waals surface area contributed by atoms with Crippen LogP contribution in [0, 0.1) is 12.8 Å². The van der Waals surface area contributed by atoms with Crippen molar-refractivity contribution in [1.82, 2.24) is 9.97 Å². The van der Waals surface area contributed by atoms with Crippen LogP contribution in [0.2, 0.25) is 0 Å². The lowest BCUT2D eigenvalue weighted by molar-refractivity contribution is -0.140. The Balaban J connectivity index is 1.27. The number of amides is 2. The number of nitrogens with zero attached hydrogens (tertiary/aromatic N) is 4. The number of aromatic nitrogens is 2. The van der Waals surface area contributed by atoms with E-state index in [4.69, 9.17) is 9.40 Å². The smallest absolute Gasteiger partial charge is 0.304 e. The van der Waals surface area contributed by atoms with Crippen molar-refractivity contribution in [2.45, 2.75) is 51.5 Å². The molecule has 41 heavy (non-hydrogen) atoms. The molecule has 1 saturated carbocycles. The number of carboxylic acid groups (broad SMARTS) is 1. The lowest BCUT2D eigenvalue weighted by Gasteiger charge is -2.24. The van der Waals surface area contributed by atoms with Crippen molar-refractivity contribution in [2.24, 2.45) is 5.92 Å². The number of benzene rings is 1. The fourth-order valence-corrected chi connectivity index (χ4v) is 6.20. The molecule has 6 rings (SSSR count). The van der Waals surface area contributed by atoms with Gasteiger partial charge in [0.1, 0.15) is 17.3 Å². The molecule has 4 heterocycles. The zero-order valence-corrected chi connectivity index (χ0v) is 23.5. The highest BCUT2D eigenvalue weighted by Crippen LogP contribution is 2.40. The van der Waals surface area contributed by atoms with E-state index in [-0.39, 0.29) is 24.3 Å². The highest BCUT2D eigenvalue weighted by molar-refractivity contribution is 7.14. The van der Waals surface area contributed by atoms with E-state index in [0.29, 0.717) is 47.6 Å². The van der Waals surface area contributed by atoms with Crippen LogP contribution in [-0.4, -0.2) is 45.4 Å². The molecule has 1 N–H and O–H groups in total. The number of aryl methyl sites for hydroxylation is 1. The van der Waals surface area contributed by atoms with E-state index in [2.05, 4.69) is 4.98 Å². The Hall–Kier alpha value is -4.31. The summed E-state index contributed by atoms with van der Waals surface area (Å²) in [7, 11) is 0. The molecule has 2 fully saturated rings. The summed E-state index contributed by atoms with van der Waals surface area (Å²) in [6, 6.07) is 15.2. The summed E-state index contributed by atoms with van der Waals surface area (Å²) in [6.45, 7) is 2.54. The molecule has 2 aliphatic rings. The number of anilines is 2. The first-order valence-corrected chi connectivity index (χ1v) is 14.7. The third kappa shape index (κ3) is 5.78. The largest absolute Gasteiger partial charge is 0.481 e. The normalized spacial score (nSPS) is 15.7. The van der Waals surface area contributed by atoms with Crippen LogP contribution in [0.25, 0.3) is 22.6 Å². The maximum Gasteiger partial charge on any atom is 0.304 e. The quantitative estimate of drug-likeness (QED) is 0.259. The minimum Gasteiger partial charge on any atom is -0.481 e. The van der Waals surface area contributed by atoms with Gasteiger partial charge in [0.25, 0.3) is 0 Å². The van der Waals surface area contributed by atoms with Crippen molar-refractivity contribution in [3.05, 3.63) is 71.4 Å². The minimum absolute atomic E-state index is 0.0177. The molecular formula is C31H30N4O5S. The average Bonchev–Trinajstić information content (AvgIpc) is 3.31. The topological polar surface area (TPSA) is 117 Å². The van der Waals surface area contributed by atoms with Crippen LogP contribution in [0.1, 0.15) is 43.4 Å². The molecule has 1 saturated heterocycles. The van der Waals surface area contributed by atoms with Gasteiger partial charge in [-0.25, -0.2) is 9.97 Å². The fraction of sp³-hybridized carbons (Fsp3) is 0.323. The molecule has 0 bridgehead atoms. The molecule has 1 unspecified atom stereocenters. The van der Waals surface area contributed by atoms with E-state index < -0.39 is 11.9 Å². The van der Waals surface area contributed by atoms with Crippen LogP contribution >= 0.6 is 11.3 Å². The van der Waals surface area contributed by atoms with E-state index in [1.54, 1.807) is 16.0 Å². The van der Waals surface area contributed by atoms with Gasteiger partial charge in [-0.15, -0.1) is 11.3 Å². The van der Waals surface area contributed by atoms with Crippen molar-refractivity contribution >= 4 is 40.1 Å². The monoisotopic (exact) mass is 570 g/mol. The molecule has 3 aromatic heterocycles. The first-order valence-electron chi connectivity index (χ1n) is 13.8. The maximum absolute atomic E-state index is 13.8. The van der Waals surface area contributed by atoms with Gasteiger partial charge in [-0.2, -0.15) is 0 Å². The molecule has 10 heteroatoms. The molecule has 1 aliphatic heterocycles. The standard InChI is InChI=1S/C31H30N4O5S/c1-19-14-24(29(40-19)21-9-12-26(32-17-21)34-13-5-8-27(34)36)25-18-41-31(33-25)35(23-10-11-23)30(39)22(16-28(37)38)15-20-6-3-2-4-7-20/h2-4,6-7,9,12,14,17-18,22-23H,5,8,10-11,13,15-16H2,1H3,(H,37,38). The van der Waals surface area contributed by atoms with Crippen LogP contribution in [0.3, 0.4) is 0 Å². The first-order chi connectivity index (χ1) is 19.9. The zero-order chi connectivity index (χ0) is 28.5. The fourth-order valence-electron chi connectivity index (χ4n) is 5.30. The molecule has 1 atom stereocenters. The average molecular weight is 571 g/mol. The summed E-state index contributed by atoms with van der Waals surface area (Å²) in [5.74, 6) is 0.135. The Morgan fingerprint density at radius 1 is 1.20 bits per heavy atom. The minimum atomic E-state index is -0.998. The summed E-state index contributed by atoms with van der Waals surface area (Å²) in [5, 5.41) is 12.0. The van der Waals surface area contributed by atoms with Crippen molar-refractivity contribution in [3.8, 4) is 22.6 Å². The molecule has 0 spiro atoms. The summed E-state index contributed by atoms with van der Waals surface area (Å²) >= 11 is 1.37. The molecule has 9 nitrogen and oxygen atoms in total. The number of hydrogen-bond acceptors (Lipinski definition) is 7. The van der Waals surface area contributed by atoms with Gasteiger partial charge in [-0.3, -0.25) is 24.2 Å². The van der Waals surface area contributed by atoms with Crippen LogP contribution in [0.15, 0.2) is 64.5 Å². The SMILES string of the molecule is Cc1cc(-c2csc(N(C(=O)C(CC(=O)O)Cc3ccccc3)C3CC3)n2)c(-c2ccc(N3CCCC3=O)nc2)o1. The van der Waals surface area contributed by atoms with Crippen LogP contribution in [0.5, 0.6) is 0 Å². The second kappa shape index (κ2) is 11.3. The Labute approximate surface area is 241 Å². The number of furan rings is 1. The third-order valence-electron chi connectivity index (χ3n) is 7.43. The van der Waals surface area contributed by atoms with Gasteiger partial charge in [0.2, 0.25) is 11.8 Å². The summed E-state index contributed by atoms with van der Waals surface area (Å²) in [4.78, 5) is 50.5. The van der Waals surface area contributed by atoms with Crippen molar-refractivity contribution in [2.75, 3.05) is 16.3 Å². The van der Waals surface area contributed by atoms with Crippen molar-refractivity contribution in [1.29, 1.82) is 0 Å². The molecular weight excluding hydrogens is 540 g/mol. The number of rotatable bonds is 10. The molecule has 2 amide bonds. The molecule has 1 aliphatic carbocycles. The zero-order valence-electron chi connectivity index (χ0n) is 22.7. The summed E-state index contributed by atoms with van der Waals surface area (Å²) in [6.07, 6.45) is 4.91. The molecule has 4 aromatic rings. The predicted molar refractivity (Wildman–Crippen MR) is 156 cm³/mol. The number of carboxylic acids is 1. The number of pyridine rings is 1. The predicted octanol–water partition coefficient (Wildman–Crippen LogP) is 5.73. The van der Waals surface area contributed by atoms with Gasteiger partial charge in [-0.1, -0.05) is 30.3 Å². The number of hydrogen-bond donors (Lipinski definition) is 1. The molecule has 0 radical (unpaired) electrons. The van der Waals surface area contributed by atoms with E-state index in [0.717, 1.165) is 36.0 Å². The second-order valence-corrected chi connectivity index (χ2v) is 11.4. The number of carbonyl (C=O) groups is 3. The lowest BCUT2D eigenvalue weighted by atomic mass is 9.94. The number of carbonyl (C=O) groups excluding carboxylic acids is 2. The van der Waals surface area contributed by atoms with Gasteiger partial charge in [-0.05, 0) is 56.4 Å². The van der Waals surface area contributed by atoms with E-state index >= 15 is 0 Å². The van der Waals surface area contributed by atoms with Gasteiger partial charge in [0, 0.05) is 41.7 Å². The summed E-state index contributed by atoms with van der Waals surface area (Å²) in [5.41, 5.74) is 3.14. The van der Waals surface area contributed by atoms with Gasteiger partial charge >= 0.3 is 5.97 Å². The van der Waals surface area contributed by atoms with Gasteiger partial charge in [0.05, 0.1) is 18.0 Å². The lowest BCUT2D eigenvalue weighted by Crippen LogP contribution is -2.39. The van der Waals surface area contributed by atoms with Crippen molar-refractivity contribution < 1.29 is 23.9 Å². The Kier molecular flexibility index (Phi) is 7.40. The van der Waals surface area contributed by atoms with E-state index in [9.17, 15) is 19.5 Å². The van der Waals surface area contributed by atoms with E-state index in [1.807, 2.05) is 60.8 Å².